The predicted molar refractivity (Wildman–Crippen MR) is 131 cm³/mol. The molecule has 0 saturated heterocycles. The number of hydrogen-bond donors (Lipinski definition) is 2. The standard InChI is InChI=1S/C27H30N6/c1-2-7-25-23(5-1)12-13-27(32-25)33(20-26-30-15-16-31-26)19-22-10-8-21(9-11-22)17-28-18-24-6-3-4-14-29-24/h3-4,6,8-16,28H,1-2,5,7,17-20H2,(H,30,31). The lowest BCUT2D eigenvalue weighted by atomic mass is 9.96. The van der Waals surface area contributed by atoms with Gasteiger partial charge in [-0.15, -0.1) is 0 Å². The van der Waals surface area contributed by atoms with Crippen molar-refractivity contribution in [2.75, 3.05) is 4.90 Å². The summed E-state index contributed by atoms with van der Waals surface area (Å²) in [5, 5.41) is 3.47. The molecule has 0 bridgehead atoms. The number of aryl methyl sites for hydroxylation is 2. The van der Waals surface area contributed by atoms with Crippen molar-refractivity contribution in [2.24, 2.45) is 0 Å². The highest BCUT2D eigenvalue weighted by Gasteiger charge is 2.16. The molecule has 3 aromatic heterocycles. The van der Waals surface area contributed by atoms with Gasteiger partial charge in [-0.25, -0.2) is 9.97 Å². The summed E-state index contributed by atoms with van der Waals surface area (Å²) in [7, 11) is 0. The van der Waals surface area contributed by atoms with Crippen LogP contribution in [0.3, 0.4) is 0 Å². The van der Waals surface area contributed by atoms with E-state index in [0.717, 1.165) is 49.8 Å². The first-order valence-electron chi connectivity index (χ1n) is 11.7. The van der Waals surface area contributed by atoms with Crippen molar-refractivity contribution < 1.29 is 0 Å². The second kappa shape index (κ2) is 10.4. The number of aromatic nitrogens is 4. The zero-order valence-electron chi connectivity index (χ0n) is 18.9. The molecule has 1 aliphatic carbocycles. The lowest BCUT2D eigenvalue weighted by molar-refractivity contribution is 0.661. The minimum absolute atomic E-state index is 0.701. The predicted octanol–water partition coefficient (Wildman–Crippen LogP) is 4.58. The molecule has 0 spiro atoms. The van der Waals surface area contributed by atoms with Gasteiger partial charge in [0.15, 0.2) is 0 Å². The molecule has 0 amide bonds. The molecule has 168 valence electrons. The fourth-order valence-electron chi connectivity index (χ4n) is 4.35. The van der Waals surface area contributed by atoms with Crippen LogP contribution in [0.2, 0.25) is 0 Å². The monoisotopic (exact) mass is 438 g/mol. The van der Waals surface area contributed by atoms with Crippen LogP contribution in [0.25, 0.3) is 0 Å². The Balaban J connectivity index is 1.26. The summed E-state index contributed by atoms with van der Waals surface area (Å²) in [6.45, 7) is 3.07. The number of aromatic amines is 1. The highest BCUT2D eigenvalue weighted by Crippen LogP contribution is 2.24. The molecule has 2 N–H and O–H groups in total. The summed E-state index contributed by atoms with van der Waals surface area (Å²) in [6.07, 6.45) is 10.2. The van der Waals surface area contributed by atoms with Crippen molar-refractivity contribution in [1.29, 1.82) is 0 Å². The van der Waals surface area contributed by atoms with Gasteiger partial charge in [0.25, 0.3) is 0 Å². The molecule has 0 unspecified atom stereocenters. The minimum Gasteiger partial charge on any atom is -0.347 e. The first-order valence-corrected chi connectivity index (χ1v) is 11.7. The Morgan fingerprint density at radius 1 is 0.818 bits per heavy atom. The summed E-state index contributed by atoms with van der Waals surface area (Å²) < 4.78 is 0. The first kappa shape index (κ1) is 21.3. The maximum absolute atomic E-state index is 5.05. The SMILES string of the molecule is c1ccc(CNCc2ccc(CN(Cc3ncc[nH]3)c3ccc4c(n3)CCCC4)cc2)nc1. The van der Waals surface area contributed by atoms with E-state index in [0.29, 0.717) is 6.54 Å². The van der Waals surface area contributed by atoms with Gasteiger partial charge in [-0.3, -0.25) is 4.98 Å². The maximum atomic E-state index is 5.05. The molecule has 6 heteroatoms. The molecule has 33 heavy (non-hydrogen) atoms. The number of rotatable bonds is 9. The zero-order chi connectivity index (χ0) is 22.3. The molecule has 0 aliphatic heterocycles. The summed E-state index contributed by atoms with van der Waals surface area (Å²) in [6, 6.07) is 19.3. The van der Waals surface area contributed by atoms with E-state index in [2.05, 4.69) is 61.6 Å². The molecule has 4 aromatic rings. The van der Waals surface area contributed by atoms with Crippen LogP contribution in [-0.2, 0) is 39.0 Å². The highest BCUT2D eigenvalue weighted by atomic mass is 15.2. The van der Waals surface area contributed by atoms with Gasteiger partial charge in [-0.2, -0.15) is 0 Å². The average Bonchev–Trinajstić information content (AvgIpc) is 3.38. The first-order chi connectivity index (χ1) is 16.3. The zero-order valence-corrected chi connectivity index (χ0v) is 18.9. The number of anilines is 1. The van der Waals surface area contributed by atoms with Crippen LogP contribution in [0.4, 0.5) is 5.82 Å². The topological polar surface area (TPSA) is 69.7 Å². The number of hydrogen-bond acceptors (Lipinski definition) is 5. The largest absolute Gasteiger partial charge is 0.347 e. The van der Waals surface area contributed by atoms with Crippen molar-refractivity contribution >= 4 is 5.82 Å². The van der Waals surface area contributed by atoms with Crippen molar-refractivity contribution in [1.82, 2.24) is 25.3 Å². The number of imidazole rings is 1. The van der Waals surface area contributed by atoms with Crippen LogP contribution >= 0.6 is 0 Å². The van der Waals surface area contributed by atoms with E-state index in [4.69, 9.17) is 4.98 Å². The highest BCUT2D eigenvalue weighted by molar-refractivity contribution is 5.44. The number of H-pyrrole nitrogens is 1. The van der Waals surface area contributed by atoms with Crippen LogP contribution in [0, 0.1) is 0 Å². The van der Waals surface area contributed by atoms with E-state index in [9.17, 15) is 0 Å². The molecule has 1 aromatic carbocycles. The number of benzene rings is 1. The Labute approximate surface area is 195 Å². The van der Waals surface area contributed by atoms with Crippen molar-refractivity contribution in [3.63, 3.8) is 0 Å². The summed E-state index contributed by atoms with van der Waals surface area (Å²) >= 11 is 0. The Morgan fingerprint density at radius 2 is 1.70 bits per heavy atom. The third kappa shape index (κ3) is 5.65. The Morgan fingerprint density at radius 3 is 2.52 bits per heavy atom. The molecule has 5 rings (SSSR count). The third-order valence-electron chi connectivity index (χ3n) is 6.14. The Hall–Kier alpha value is -3.51. The molecule has 0 saturated carbocycles. The van der Waals surface area contributed by atoms with E-state index in [1.54, 1.807) is 6.20 Å². The van der Waals surface area contributed by atoms with Crippen molar-refractivity contribution in [2.45, 2.75) is 51.9 Å². The average molecular weight is 439 g/mol. The third-order valence-corrected chi connectivity index (χ3v) is 6.14. The van der Waals surface area contributed by atoms with E-state index in [-0.39, 0.29) is 0 Å². The van der Waals surface area contributed by atoms with E-state index >= 15 is 0 Å². The van der Waals surface area contributed by atoms with E-state index in [1.807, 2.05) is 30.6 Å². The molecule has 0 fully saturated rings. The number of fused-ring (bicyclic) bond motifs is 1. The fourth-order valence-corrected chi connectivity index (χ4v) is 4.35. The van der Waals surface area contributed by atoms with Crippen LogP contribution in [0.1, 0.15) is 46.7 Å². The summed E-state index contributed by atoms with van der Waals surface area (Å²) in [5.74, 6) is 1.97. The molecule has 3 heterocycles. The van der Waals surface area contributed by atoms with Crippen molar-refractivity contribution in [3.05, 3.63) is 107 Å². The van der Waals surface area contributed by atoms with Gasteiger partial charge in [0.05, 0.1) is 12.2 Å². The van der Waals surface area contributed by atoms with Gasteiger partial charge >= 0.3 is 0 Å². The maximum Gasteiger partial charge on any atom is 0.129 e. The number of nitrogens with zero attached hydrogens (tertiary/aromatic N) is 4. The quantitative estimate of drug-likeness (QED) is 0.400. The van der Waals surface area contributed by atoms with Gasteiger partial charge in [0, 0.05) is 43.9 Å². The second-order valence-electron chi connectivity index (χ2n) is 8.62. The van der Waals surface area contributed by atoms with Crippen LogP contribution < -0.4 is 10.2 Å². The molecular formula is C27H30N6. The lowest BCUT2D eigenvalue weighted by Gasteiger charge is -2.25. The fraction of sp³-hybridized carbons (Fsp3) is 0.296. The second-order valence-corrected chi connectivity index (χ2v) is 8.62. The molecule has 6 nitrogen and oxygen atoms in total. The number of pyridine rings is 2. The number of nitrogens with one attached hydrogen (secondary N) is 2. The normalized spacial score (nSPS) is 13.0. The van der Waals surface area contributed by atoms with Crippen LogP contribution in [0.15, 0.2) is 73.2 Å². The molecule has 0 atom stereocenters. The summed E-state index contributed by atoms with van der Waals surface area (Å²) in [5.41, 5.74) is 6.25. The summed E-state index contributed by atoms with van der Waals surface area (Å²) in [4.78, 5) is 19.4. The van der Waals surface area contributed by atoms with Crippen molar-refractivity contribution in [3.8, 4) is 0 Å². The van der Waals surface area contributed by atoms with E-state index < -0.39 is 0 Å². The van der Waals surface area contributed by atoms with Gasteiger partial charge in [-0.1, -0.05) is 36.4 Å². The molecule has 1 aliphatic rings. The van der Waals surface area contributed by atoms with Gasteiger partial charge in [0.1, 0.15) is 11.6 Å². The Bertz CT molecular complexity index is 1140. The smallest absolute Gasteiger partial charge is 0.129 e. The molecule has 0 radical (unpaired) electrons. The van der Waals surface area contributed by atoms with E-state index in [1.165, 1.54) is 35.2 Å². The van der Waals surface area contributed by atoms with Crippen LogP contribution in [-0.4, -0.2) is 19.9 Å². The van der Waals surface area contributed by atoms with Gasteiger partial charge in [-0.05, 0) is 60.6 Å². The lowest BCUT2D eigenvalue weighted by Crippen LogP contribution is -2.24. The minimum atomic E-state index is 0.701. The van der Waals surface area contributed by atoms with Crippen LogP contribution in [0.5, 0.6) is 0 Å². The van der Waals surface area contributed by atoms with Gasteiger partial charge < -0.3 is 15.2 Å². The van der Waals surface area contributed by atoms with Gasteiger partial charge in [0.2, 0.25) is 0 Å². The Kier molecular flexibility index (Phi) is 6.73. The molecular weight excluding hydrogens is 408 g/mol.